The van der Waals surface area contributed by atoms with Crippen LogP contribution in [0.4, 0.5) is 0 Å². The zero-order chi connectivity index (χ0) is 16.1. The number of hydrogen-bond donors (Lipinski definition) is 2. The second-order valence-corrected chi connectivity index (χ2v) is 6.27. The molecule has 1 aliphatic rings. The number of primary amides is 1. The lowest BCUT2D eigenvalue weighted by molar-refractivity contribution is -0.137. The molecule has 0 bridgehead atoms. The van der Waals surface area contributed by atoms with Crippen molar-refractivity contribution in [3.05, 3.63) is 35.9 Å². The topological polar surface area (TPSA) is 75.4 Å². The lowest BCUT2D eigenvalue weighted by Crippen LogP contribution is -2.44. The van der Waals surface area contributed by atoms with Gasteiger partial charge in [0.15, 0.2) is 0 Å². The third-order valence-corrected chi connectivity index (χ3v) is 4.47. The third-order valence-electron chi connectivity index (χ3n) is 4.47. The molecule has 1 aromatic carbocycles. The van der Waals surface area contributed by atoms with Crippen molar-refractivity contribution in [2.75, 3.05) is 14.1 Å². The van der Waals surface area contributed by atoms with Crippen molar-refractivity contribution in [3.63, 3.8) is 0 Å². The van der Waals surface area contributed by atoms with Crippen LogP contribution in [0.25, 0.3) is 0 Å². The van der Waals surface area contributed by atoms with E-state index in [-0.39, 0.29) is 6.04 Å². The molecule has 22 heavy (non-hydrogen) atoms. The molecule has 0 aliphatic heterocycles. The van der Waals surface area contributed by atoms with Gasteiger partial charge < -0.3 is 16.0 Å². The van der Waals surface area contributed by atoms with E-state index in [9.17, 15) is 9.59 Å². The number of carbonyl (C=O) groups excluding carboxylic acids is 2. The van der Waals surface area contributed by atoms with Crippen LogP contribution in [0.15, 0.2) is 30.3 Å². The van der Waals surface area contributed by atoms with Gasteiger partial charge in [-0.25, -0.2) is 0 Å². The van der Waals surface area contributed by atoms with Gasteiger partial charge >= 0.3 is 11.8 Å². The highest BCUT2D eigenvalue weighted by Crippen LogP contribution is 2.37. The molecule has 3 N–H and O–H groups in total. The maximum absolute atomic E-state index is 11.4. The SMILES string of the molecule is CN(C)C(c1ccccc1)C1CCC(NC(=O)C(N)=O)CC1. The van der Waals surface area contributed by atoms with Crippen LogP contribution in [0.1, 0.15) is 37.3 Å². The van der Waals surface area contributed by atoms with Crippen molar-refractivity contribution in [1.82, 2.24) is 10.2 Å². The van der Waals surface area contributed by atoms with Crippen LogP contribution in [0, 0.1) is 5.92 Å². The summed E-state index contributed by atoms with van der Waals surface area (Å²) in [6.07, 6.45) is 3.84. The Bertz CT molecular complexity index is 508. The molecule has 0 saturated heterocycles. The molecule has 2 amide bonds. The molecule has 0 spiro atoms. The van der Waals surface area contributed by atoms with Gasteiger partial charge in [0.25, 0.3) is 0 Å². The number of nitrogens with zero attached hydrogens (tertiary/aromatic N) is 1. The van der Waals surface area contributed by atoms with Gasteiger partial charge in [0, 0.05) is 12.1 Å². The molecule has 0 aromatic heterocycles. The van der Waals surface area contributed by atoms with E-state index in [1.165, 1.54) is 5.56 Å². The number of benzene rings is 1. The normalized spacial score (nSPS) is 23.0. The van der Waals surface area contributed by atoms with Crippen molar-refractivity contribution < 1.29 is 9.59 Å². The standard InChI is InChI=1S/C17H25N3O2/c1-20(2)15(12-6-4-3-5-7-12)13-8-10-14(11-9-13)19-17(22)16(18)21/h3-7,13-15H,8-11H2,1-2H3,(H2,18,21)(H,19,22). The molecular formula is C17H25N3O2. The second-order valence-electron chi connectivity index (χ2n) is 6.27. The fourth-order valence-electron chi connectivity index (χ4n) is 3.48. The zero-order valence-corrected chi connectivity index (χ0v) is 13.3. The van der Waals surface area contributed by atoms with E-state index >= 15 is 0 Å². The van der Waals surface area contributed by atoms with E-state index in [1.54, 1.807) is 0 Å². The highest BCUT2D eigenvalue weighted by molar-refractivity contribution is 6.34. The number of carbonyl (C=O) groups is 2. The third kappa shape index (κ3) is 4.07. The molecule has 1 aromatic rings. The second kappa shape index (κ2) is 7.40. The summed E-state index contributed by atoms with van der Waals surface area (Å²) in [5.41, 5.74) is 6.32. The summed E-state index contributed by atoms with van der Waals surface area (Å²) in [5.74, 6) is -1.02. The molecule has 1 fully saturated rings. The molecular weight excluding hydrogens is 278 g/mol. The molecule has 2 rings (SSSR count). The first-order valence-corrected chi connectivity index (χ1v) is 7.80. The first-order chi connectivity index (χ1) is 10.5. The number of amides is 2. The quantitative estimate of drug-likeness (QED) is 0.827. The summed E-state index contributed by atoms with van der Waals surface area (Å²) in [5, 5.41) is 2.72. The predicted molar refractivity (Wildman–Crippen MR) is 86.0 cm³/mol. The summed E-state index contributed by atoms with van der Waals surface area (Å²) in [4.78, 5) is 24.5. The van der Waals surface area contributed by atoms with Gasteiger partial charge in [-0.15, -0.1) is 0 Å². The van der Waals surface area contributed by atoms with E-state index in [2.05, 4.69) is 48.6 Å². The van der Waals surface area contributed by atoms with Gasteiger partial charge in [0.05, 0.1) is 0 Å². The molecule has 5 nitrogen and oxygen atoms in total. The molecule has 1 unspecified atom stereocenters. The fourth-order valence-corrected chi connectivity index (χ4v) is 3.48. The number of nitrogens with one attached hydrogen (secondary N) is 1. The highest BCUT2D eigenvalue weighted by atomic mass is 16.2. The summed E-state index contributed by atoms with van der Waals surface area (Å²) in [6, 6.07) is 11.0. The van der Waals surface area contributed by atoms with E-state index in [4.69, 9.17) is 5.73 Å². The fraction of sp³-hybridized carbons (Fsp3) is 0.529. The van der Waals surface area contributed by atoms with Crippen LogP contribution in [0.2, 0.25) is 0 Å². The molecule has 5 heteroatoms. The van der Waals surface area contributed by atoms with E-state index in [0.717, 1.165) is 25.7 Å². The Balaban J connectivity index is 1.97. The van der Waals surface area contributed by atoms with Crippen LogP contribution in [0.5, 0.6) is 0 Å². The van der Waals surface area contributed by atoms with Crippen molar-refractivity contribution >= 4 is 11.8 Å². The lowest BCUT2D eigenvalue weighted by Gasteiger charge is -2.37. The van der Waals surface area contributed by atoms with Gasteiger partial charge in [-0.1, -0.05) is 30.3 Å². The summed E-state index contributed by atoms with van der Waals surface area (Å²) >= 11 is 0. The Kier molecular flexibility index (Phi) is 5.55. The minimum atomic E-state index is -0.905. The van der Waals surface area contributed by atoms with Crippen molar-refractivity contribution in [3.8, 4) is 0 Å². The largest absolute Gasteiger partial charge is 0.361 e. The van der Waals surface area contributed by atoms with Crippen molar-refractivity contribution in [2.45, 2.75) is 37.8 Å². The van der Waals surface area contributed by atoms with E-state index < -0.39 is 11.8 Å². The Hall–Kier alpha value is -1.88. The Morgan fingerprint density at radius 3 is 2.23 bits per heavy atom. The zero-order valence-electron chi connectivity index (χ0n) is 13.3. The number of nitrogens with two attached hydrogens (primary N) is 1. The minimum absolute atomic E-state index is 0.0647. The summed E-state index contributed by atoms with van der Waals surface area (Å²) in [7, 11) is 4.22. The van der Waals surface area contributed by atoms with Crippen LogP contribution in [0.3, 0.4) is 0 Å². The number of rotatable bonds is 4. The lowest BCUT2D eigenvalue weighted by atomic mass is 9.78. The monoisotopic (exact) mass is 303 g/mol. The minimum Gasteiger partial charge on any atom is -0.361 e. The van der Waals surface area contributed by atoms with E-state index in [0.29, 0.717) is 12.0 Å². The molecule has 0 radical (unpaired) electrons. The summed E-state index contributed by atoms with van der Waals surface area (Å²) < 4.78 is 0. The van der Waals surface area contributed by atoms with Crippen LogP contribution >= 0.6 is 0 Å². The molecule has 120 valence electrons. The van der Waals surface area contributed by atoms with Gasteiger partial charge in [0.2, 0.25) is 0 Å². The van der Waals surface area contributed by atoms with Crippen LogP contribution in [-0.4, -0.2) is 36.9 Å². The highest BCUT2D eigenvalue weighted by Gasteiger charge is 2.30. The van der Waals surface area contributed by atoms with Crippen LogP contribution < -0.4 is 11.1 Å². The summed E-state index contributed by atoms with van der Waals surface area (Å²) in [6.45, 7) is 0. The van der Waals surface area contributed by atoms with Gasteiger partial charge in [0.1, 0.15) is 0 Å². The van der Waals surface area contributed by atoms with Gasteiger partial charge in [-0.3, -0.25) is 9.59 Å². The van der Waals surface area contributed by atoms with Crippen molar-refractivity contribution in [2.24, 2.45) is 11.7 Å². The molecule has 0 heterocycles. The Morgan fingerprint density at radius 1 is 1.14 bits per heavy atom. The molecule has 1 aliphatic carbocycles. The smallest absolute Gasteiger partial charge is 0.309 e. The maximum Gasteiger partial charge on any atom is 0.309 e. The van der Waals surface area contributed by atoms with Crippen molar-refractivity contribution in [1.29, 1.82) is 0 Å². The van der Waals surface area contributed by atoms with E-state index in [1.807, 2.05) is 6.07 Å². The average Bonchev–Trinajstić information content (AvgIpc) is 2.50. The molecule has 1 saturated carbocycles. The maximum atomic E-state index is 11.4. The average molecular weight is 303 g/mol. The first-order valence-electron chi connectivity index (χ1n) is 7.80. The predicted octanol–water partition coefficient (Wildman–Crippen LogP) is 1.45. The Labute approximate surface area is 131 Å². The van der Waals surface area contributed by atoms with Gasteiger partial charge in [-0.2, -0.15) is 0 Å². The molecule has 1 atom stereocenters. The number of hydrogen-bond acceptors (Lipinski definition) is 3. The first kappa shape index (κ1) is 16.5. The Morgan fingerprint density at radius 2 is 1.73 bits per heavy atom. The van der Waals surface area contributed by atoms with Gasteiger partial charge in [-0.05, 0) is 51.3 Å². The van der Waals surface area contributed by atoms with Crippen LogP contribution in [-0.2, 0) is 9.59 Å².